The fourth-order valence-electron chi connectivity index (χ4n) is 3.05. The van der Waals surface area contributed by atoms with Crippen LogP contribution in [0.3, 0.4) is 0 Å². The third-order valence-electron chi connectivity index (χ3n) is 4.37. The Morgan fingerprint density at radius 2 is 2.08 bits per heavy atom. The quantitative estimate of drug-likeness (QED) is 0.709. The number of carbonyl (C=O) groups is 1. The summed E-state index contributed by atoms with van der Waals surface area (Å²) >= 11 is 0. The highest BCUT2D eigenvalue weighted by Crippen LogP contribution is 2.23. The van der Waals surface area contributed by atoms with E-state index in [4.69, 9.17) is 9.15 Å². The molecule has 3 rings (SSSR count). The SMILES string of the molecule is O=C1CC[C@H](CCNCCOc2ccc(F)cc2)N1Cc1ccco1. The van der Waals surface area contributed by atoms with Crippen molar-refractivity contribution in [2.24, 2.45) is 0 Å². The number of likely N-dealkylation sites (tertiary alicyclic amines) is 1. The predicted octanol–water partition coefficient (Wildman–Crippen LogP) is 2.97. The molecule has 0 bridgehead atoms. The highest BCUT2D eigenvalue weighted by Gasteiger charge is 2.30. The maximum Gasteiger partial charge on any atom is 0.223 e. The largest absolute Gasteiger partial charge is 0.492 e. The van der Waals surface area contributed by atoms with Crippen LogP contribution in [-0.4, -0.2) is 36.5 Å². The number of nitrogens with one attached hydrogen (secondary N) is 1. The van der Waals surface area contributed by atoms with Crippen molar-refractivity contribution in [3.63, 3.8) is 0 Å². The lowest BCUT2D eigenvalue weighted by Crippen LogP contribution is -2.35. The Morgan fingerprint density at radius 3 is 2.84 bits per heavy atom. The lowest BCUT2D eigenvalue weighted by Gasteiger charge is -2.24. The van der Waals surface area contributed by atoms with Gasteiger partial charge in [0.1, 0.15) is 23.9 Å². The Balaban J connectivity index is 1.33. The molecule has 0 radical (unpaired) electrons. The van der Waals surface area contributed by atoms with Crippen LogP contribution >= 0.6 is 0 Å². The number of nitrogens with zero attached hydrogens (tertiary/aromatic N) is 1. The summed E-state index contributed by atoms with van der Waals surface area (Å²) in [6.07, 6.45) is 4.04. The second-order valence-electron chi connectivity index (χ2n) is 6.13. The topological polar surface area (TPSA) is 54.7 Å². The second kappa shape index (κ2) is 8.67. The van der Waals surface area contributed by atoms with E-state index in [9.17, 15) is 9.18 Å². The Kier molecular flexibility index (Phi) is 6.06. The van der Waals surface area contributed by atoms with E-state index in [2.05, 4.69) is 5.32 Å². The van der Waals surface area contributed by atoms with Gasteiger partial charge in [0, 0.05) is 19.0 Å². The van der Waals surface area contributed by atoms with E-state index in [-0.39, 0.29) is 17.8 Å². The lowest BCUT2D eigenvalue weighted by atomic mass is 10.1. The van der Waals surface area contributed by atoms with Crippen LogP contribution in [0.15, 0.2) is 47.1 Å². The van der Waals surface area contributed by atoms with E-state index in [0.29, 0.717) is 31.9 Å². The van der Waals surface area contributed by atoms with Gasteiger partial charge in [0.2, 0.25) is 5.91 Å². The van der Waals surface area contributed by atoms with Crippen LogP contribution in [0.5, 0.6) is 5.75 Å². The molecule has 1 aliphatic heterocycles. The number of halogens is 1. The summed E-state index contributed by atoms with van der Waals surface area (Å²) in [7, 11) is 0. The molecule has 25 heavy (non-hydrogen) atoms. The number of furan rings is 1. The normalized spacial score (nSPS) is 17.2. The van der Waals surface area contributed by atoms with Gasteiger partial charge >= 0.3 is 0 Å². The van der Waals surface area contributed by atoms with Crippen LogP contribution < -0.4 is 10.1 Å². The molecule has 134 valence electrons. The molecule has 2 heterocycles. The van der Waals surface area contributed by atoms with Crippen LogP contribution in [-0.2, 0) is 11.3 Å². The van der Waals surface area contributed by atoms with E-state index in [1.807, 2.05) is 17.0 Å². The van der Waals surface area contributed by atoms with Crippen LogP contribution in [0.1, 0.15) is 25.0 Å². The smallest absolute Gasteiger partial charge is 0.223 e. The average molecular weight is 346 g/mol. The van der Waals surface area contributed by atoms with Crippen LogP contribution in [0, 0.1) is 5.82 Å². The van der Waals surface area contributed by atoms with E-state index in [0.717, 1.165) is 25.1 Å². The molecule has 1 saturated heterocycles. The molecule has 0 spiro atoms. The lowest BCUT2D eigenvalue weighted by molar-refractivity contribution is -0.129. The minimum Gasteiger partial charge on any atom is -0.492 e. The van der Waals surface area contributed by atoms with Crippen molar-refractivity contribution in [1.29, 1.82) is 0 Å². The van der Waals surface area contributed by atoms with Gasteiger partial charge in [-0.3, -0.25) is 4.79 Å². The monoisotopic (exact) mass is 346 g/mol. The molecule has 1 aromatic heterocycles. The van der Waals surface area contributed by atoms with Crippen molar-refractivity contribution >= 4 is 5.91 Å². The maximum atomic E-state index is 12.8. The van der Waals surface area contributed by atoms with E-state index in [1.54, 1.807) is 18.4 Å². The van der Waals surface area contributed by atoms with Gasteiger partial charge in [0.05, 0.1) is 12.8 Å². The second-order valence-corrected chi connectivity index (χ2v) is 6.13. The molecular weight excluding hydrogens is 323 g/mol. The molecule has 0 saturated carbocycles. The number of hydrogen-bond donors (Lipinski definition) is 1. The Labute approximate surface area is 146 Å². The van der Waals surface area contributed by atoms with Crippen LogP contribution in [0.4, 0.5) is 4.39 Å². The Bertz CT molecular complexity index is 658. The fraction of sp³-hybridized carbons (Fsp3) is 0.421. The summed E-state index contributed by atoms with van der Waals surface area (Å²) < 4.78 is 23.7. The molecule has 2 aromatic rings. The highest BCUT2D eigenvalue weighted by molar-refractivity contribution is 5.78. The van der Waals surface area contributed by atoms with Crippen molar-refractivity contribution in [2.75, 3.05) is 19.7 Å². The third-order valence-corrected chi connectivity index (χ3v) is 4.37. The molecule has 1 atom stereocenters. The molecule has 0 aliphatic carbocycles. The minimum atomic E-state index is -0.268. The number of amides is 1. The number of rotatable bonds is 9. The minimum absolute atomic E-state index is 0.195. The summed E-state index contributed by atoms with van der Waals surface area (Å²) in [6.45, 7) is 2.59. The molecule has 6 heteroatoms. The van der Waals surface area contributed by atoms with Gasteiger partial charge in [0.25, 0.3) is 0 Å². The van der Waals surface area contributed by atoms with Gasteiger partial charge in [-0.1, -0.05) is 0 Å². The first-order valence-corrected chi connectivity index (χ1v) is 8.63. The number of carbonyl (C=O) groups excluding carboxylic acids is 1. The van der Waals surface area contributed by atoms with Gasteiger partial charge in [-0.2, -0.15) is 0 Å². The van der Waals surface area contributed by atoms with Crippen molar-refractivity contribution < 1.29 is 18.3 Å². The van der Waals surface area contributed by atoms with Gasteiger partial charge in [-0.15, -0.1) is 0 Å². The number of ether oxygens (including phenoxy) is 1. The molecule has 1 aromatic carbocycles. The Morgan fingerprint density at radius 1 is 1.24 bits per heavy atom. The van der Waals surface area contributed by atoms with Gasteiger partial charge in [-0.05, 0) is 55.8 Å². The van der Waals surface area contributed by atoms with Crippen molar-refractivity contribution in [2.45, 2.75) is 31.8 Å². The molecular formula is C19H23FN2O3. The molecule has 5 nitrogen and oxygen atoms in total. The van der Waals surface area contributed by atoms with Crippen molar-refractivity contribution in [1.82, 2.24) is 10.2 Å². The Hall–Kier alpha value is -2.34. The zero-order valence-corrected chi connectivity index (χ0v) is 14.1. The van der Waals surface area contributed by atoms with Crippen molar-refractivity contribution in [3.8, 4) is 5.75 Å². The highest BCUT2D eigenvalue weighted by atomic mass is 19.1. The fourth-order valence-corrected chi connectivity index (χ4v) is 3.05. The maximum absolute atomic E-state index is 12.8. The first-order chi connectivity index (χ1) is 12.2. The standard InChI is InChI=1S/C19H23FN2O3/c20-15-3-6-17(7-4-15)25-13-11-21-10-9-16-5-8-19(23)22(16)14-18-2-1-12-24-18/h1-4,6-7,12,16,21H,5,8-11,13-14H2/t16-/m1/s1. The summed E-state index contributed by atoms with van der Waals surface area (Å²) in [6, 6.07) is 9.99. The molecule has 1 amide bonds. The molecule has 1 N–H and O–H groups in total. The van der Waals surface area contributed by atoms with E-state index in [1.165, 1.54) is 12.1 Å². The zero-order chi connectivity index (χ0) is 17.5. The van der Waals surface area contributed by atoms with Gasteiger partial charge in [-0.25, -0.2) is 4.39 Å². The zero-order valence-electron chi connectivity index (χ0n) is 14.1. The number of hydrogen-bond acceptors (Lipinski definition) is 4. The van der Waals surface area contributed by atoms with E-state index >= 15 is 0 Å². The predicted molar refractivity (Wildman–Crippen MR) is 91.7 cm³/mol. The summed E-state index contributed by atoms with van der Waals surface area (Å²) in [4.78, 5) is 14.0. The molecule has 1 aliphatic rings. The summed E-state index contributed by atoms with van der Waals surface area (Å²) in [5, 5.41) is 3.33. The average Bonchev–Trinajstić information content (AvgIpc) is 3.24. The van der Waals surface area contributed by atoms with Crippen LogP contribution in [0.2, 0.25) is 0 Å². The van der Waals surface area contributed by atoms with E-state index < -0.39 is 0 Å². The third kappa shape index (κ3) is 5.06. The first-order valence-electron chi connectivity index (χ1n) is 8.63. The number of benzene rings is 1. The first kappa shape index (κ1) is 17.5. The van der Waals surface area contributed by atoms with Crippen molar-refractivity contribution in [3.05, 3.63) is 54.2 Å². The summed E-state index contributed by atoms with van der Waals surface area (Å²) in [5.74, 6) is 1.41. The van der Waals surface area contributed by atoms with Gasteiger partial charge in [0.15, 0.2) is 0 Å². The summed E-state index contributed by atoms with van der Waals surface area (Å²) in [5.41, 5.74) is 0. The van der Waals surface area contributed by atoms with Crippen LogP contribution in [0.25, 0.3) is 0 Å². The molecule has 0 unspecified atom stereocenters. The molecule has 1 fully saturated rings. The van der Waals surface area contributed by atoms with Gasteiger partial charge < -0.3 is 19.4 Å².